The molecule has 72 heavy (non-hydrogen) atoms. The number of anilines is 9. The van der Waals surface area contributed by atoms with E-state index in [1.54, 1.807) is 0 Å². The van der Waals surface area contributed by atoms with Gasteiger partial charge >= 0.3 is 0 Å². The molecule has 0 fully saturated rings. The van der Waals surface area contributed by atoms with Gasteiger partial charge in [-0.25, -0.2) is 0 Å². The van der Waals surface area contributed by atoms with Crippen molar-refractivity contribution in [2.24, 2.45) is 0 Å². The summed E-state index contributed by atoms with van der Waals surface area (Å²) < 4.78 is 0. The highest BCUT2D eigenvalue weighted by Gasteiger charge is 2.41. The highest BCUT2D eigenvalue weighted by atomic mass is 28.3. The van der Waals surface area contributed by atoms with Crippen molar-refractivity contribution in [3.8, 4) is 0 Å². The van der Waals surface area contributed by atoms with Gasteiger partial charge in [-0.15, -0.1) is 0 Å². The van der Waals surface area contributed by atoms with Gasteiger partial charge in [0.1, 0.15) is 0 Å². The van der Waals surface area contributed by atoms with Crippen LogP contribution in [0.4, 0.5) is 51.2 Å². The van der Waals surface area contributed by atoms with E-state index in [2.05, 4.69) is 282 Å². The van der Waals surface area contributed by atoms with Gasteiger partial charge < -0.3 is 14.7 Å². The molecule has 0 aliphatic heterocycles. The zero-order valence-electron chi connectivity index (χ0n) is 39.7. The van der Waals surface area contributed by atoms with E-state index in [0.29, 0.717) is 11.1 Å². The van der Waals surface area contributed by atoms with Crippen LogP contribution in [-0.4, -0.2) is 13.9 Å². The highest BCUT2D eigenvalue weighted by molar-refractivity contribution is 7.19. The molecule has 0 spiro atoms. The monoisotopic (exact) mass is 941 g/mol. The lowest BCUT2D eigenvalue weighted by atomic mass is 10.0. The van der Waals surface area contributed by atoms with Crippen LogP contribution in [0.1, 0.15) is 15.9 Å². The minimum absolute atomic E-state index is 0.0139. The van der Waals surface area contributed by atoms with E-state index in [1.165, 1.54) is 20.7 Å². The summed E-state index contributed by atoms with van der Waals surface area (Å²) in [6, 6.07) is 109. The Hall–Kier alpha value is -9.29. The molecule has 0 unspecified atom stereocenters. The largest absolute Gasteiger partial charge is 0.311 e. The molecule has 0 bridgehead atoms. The maximum Gasteiger partial charge on any atom is 0.193 e. The van der Waals surface area contributed by atoms with E-state index in [0.717, 1.165) is 51.2 Å². The average Bonchev–Trinajstić information content (AvgIpc) is 3.47. The van der Waals surface area contributed by atoms with Crippen LogP contribution >= 0.6 is 0 Å². The maximum absolute atomic E-state index is 13.7. The van der Waals surface area contributed by atoms with Gasteiger partial charge in [-0.2, -0.15) is 0 Å². The Bertz CT molecular complexity index is 3230. The number of hydrogen-bond acceptors (Lipinski definition) is 4. The van der Waals surface area contributed by atoms with Crippen molar-refractivity contribution in [1.82, 2.24) is 0 Å². The first-order valence-corrected chi connectivity index (χ1v) is 26.4. The van der Waals surface area contributed by atoms with Crippen LogP contribution in [0.15, 0.2) is 309 Å². The van der Waals surface area contributed by atoms with Crippen molar-refractivity contribution in [2.75, 3.05) is 14.7 Å². The van der Waals surface area contributed by atoms with Crippen LogP contribution in [0, 0.1) is 0 Å². The first-order valence-electron chi connectivity index (χ1n) is 24.4. The molecule has 344 valence electrons. The fourth-order valence-electron chi connectivity index (χ4n) is 10.0. The lowest BCUT2D eigenvalue weighted by Gasteiger charge is -2.35. The van der Waals surface area contributed by atoms with E-state index < -0.39 is 8.07 Å². The van der Waals surface area contributed by atoms with Gasteiger partial charge in [0.15, 0.2) is 13.9 Å². The molecule has 5 heteroatoms. The number of benzene rings is 11. The van der Waals surface area contributed by atoms with E-state index in [1.807, 2.05) is 42.5 Å². The number of carbonyl (C=O) groups is 1. The standard InChI is InChI=1S/C67H51N3OSi/c71-67(52-22-8-1-9-23-52)53-36-48-65(49-37-53)72(63-32-18-6-19-33-63,64-34-20-7-21-35-64)66-50-46-62(47-51-66)70(60-42-38-58(39-43-60)68(54-24-10-2-11-25-54)55-26-12-3-13-27-55)61-44-40-59(41-45-61)69(56-28-14-4-15-29-56)57-30-16-5-17-31-57/h1-51H. The first kappa shape index (κ1) is 45.2. The molecule has 0 atom stereocenters. The maximum atomic E-state index is 13.7. The van der Waals surface area contributed by atoms with Crippen LogP contribution in [-0.2, 0) is 0 Å². The Morgan fingerprint density at radius 2 is 0.403 bits per heavy atom. The minimum atomic E-state index is -2.96. The summed E-state index contributed by atoms with van der Waals surface area (Å²) in [7, 11) is -2.96. The highest BCUT2D eigenvalue weighted by Crippen LogP contribution is 2.41. The second kappa shape index (κ2) is 20.7. The topological polar surface area (TPSA) is 26.8 Å². The number of ketones is 1. The molecule has 0 aromatic heterocycles. The summed E-state index contributed by atoms with van der Waals surface area (Å²) in [5, 5.41) is 4.95. The predicted octanol–water partition coefficient (Wildman–Crippen LogP) is 14.7. The summed E-state index contributed by atoms with van der Waals surface area (Å²) in [6.07, 6.45) is 0. The van der Waals surface area contributed by atoms with E-state index in [-0.39, 0.29) is 5.78 Å². The summed E-state index contributed by atoms with van der Waals surface area (Å²) in [4.78, 5) is 20.7. The summed E-state index contributed by atoms with van der Waals surface area (Å²) in [6.45, 7) is 0. The van der Waals surface area contributed by atoms with Gasteiger partial charge in [-0.3, -0.25) is 4.79 Å². The van der Waals surface area contributed by atoms with E-state index in [4.69, 9.17) is 0 Å². The predicted molar refractivity (Wildman–Crippen MR) is 304 cm³/mol. The molecule has 0 saturated carbocycles. The summed E-state index contributed by atoms with van der Waals surface area (Å²) in [5.74, 6) is 0.0139. The van der Waals surface area contributed by atoms with Crippen LogP contribution in [0.5, 0.6) is 0 Å². The fourth-order valence-corrected chi connectivity index (χ4v) is 14.7. The molecule has 0 aliphatic carbocycles. The third kappa shape index (κ3) is 9.04. The van der Waals surface area contributed by atoms with Crippen molar-refractivity contribution >= 4 is 85.8 Å². The second-order valence-electron chi connectivity index (χ2n) is 17.7. The van der Waals surface area contributed by atoms with Crippen molar-refractivity contribution in [1.29, 1.82) is 0 Å². The van der Waals surface area contributed by atoms with Gasteiger partial charge in [0.05, 0.1) is 0 Å². The van der Waals surface area contributed by atoms with Crippen LogP contribution in [0.25, 0.3) is 0 Å². The molecule has 4 nitrogen and oxygen atoms in total. The third-order valence-electron chi connectivity index (χ3n) is 13.4. The molecule has 0 N–H and O–H groups in total. The molecule has 11 aromatic carbocycles. The Labute approximate surface area is 423 Å². The van der Waals surface area contributed by atoms with Crippen molar-refractivity contribution in [3.63, 3.8) is 0 Å². The summed E-state index contributed by atoms with van der Waals surface area (Å²) >= 11 is 0. The quantitative estimate of drug-likeness (QED) is 0.0581. The van der Waals surface area contributed by atoms with Gasteiger partial charge in [0.2, 0.25) is 0 Å². The third-order valence-corrected chi connectivity index (χ3v) is 18.2. The van der Waals surface area contributed by atoms with Crippen LogP contribution in [0.2, 0.25) is 0 Å². The zero-order chi connectivity index (χ0) is 48.5. The van der Waals surface area contributed by atoms with E-state index in [9.17, 15) is 4.79 Å². The summed E-state index contributed by atoms with van der Waals surface area (Å²) in [5.41, 5.74) is 10.9. The molecule has 0 saturated heterocycles. The number of hydrogen-bond donors (Lipinski definition) is 0. The number of para-hydroxylation sites is 4. The van der Waals surface area contributed by atoms with Crippen molar-refractivity contribution < 1.29 is 4.79 Å². The first-order chi connectivity index (χ1) is 35.6. The Morgan fingerprint density at radius 3 is 0.694 bits per heavy atom. The average molecular weight is 942 g/mol. The SMILES string of the molecule is O=C(c1ccccc1)c1ccc([Si](c2ccccc2)(c2ccccc2)c2ccc(N(c3ccc(N(c4ccccc4)c4ccccc4)cc3)c3ccc(N(c4ccccc4)c4ccccc4)cc3)cc2)cc1. The number of carbonyl (C=O) groups excluding carboxylic acids is 1. The Balaban J connectivity index is 1.04. The van der Waals surface area contributed by atoms with Crippen molar-refractivity contribution in [2.45, 2.75) is 0 Å². The molecule has 0 heterocycles. The van der Waals surface area contributed by atoms with Gasteiger partial charge in [0.25, 0.3) is 0 Å². The number of nitrogens with zero attached hydrogens (tertiary/aromatic N) is 3. The lowest BCUT2D eigenvalue weighted by Crippen LogP contribution is -2.74. The Kier molecular flexibility index (Phi) is 13.0. The zero-order valence-corrected chi connectivity index (χ0v) is 40.7. The molecular weight excluding hydrogens is 891 g/mol. The van der Waals surface area contributed by atoms with Crippen LogP contribution < -0.4 is 35.4 Å². The normalized spacial score (nSPS) is 11.1. The Morgan fingerprint density at radius 1 is 0.208 bits per heavy atom. The van der Waals surface area contributed by atoms with E-state index >= 15 is 0 Å². The molecule has 11 aromatic rings. The smallest absolute Gasteiger partial charge is 0.193 e. The molecule has 0 radical (unpaired) electrons. The van der Waals surface area contributed by atoms with Gasteiger partial charge in [-0.05, 0) is 130 Å². The minimum Gasteiger partial charge on any atom is -0.311 e. The molecular formula is C67H51N3OSi. The number of rotatable bonds is 15. The van der Waals surface area contributed by atoms with Crippen molar-refractivity contribution in [3.05, 3.63) is 321 Å². The molecule has 11 rings (SSSR count). The van der Waals surface area contributed by atoms with Gasteiger partial charge in [-0.1, -0.05) is 200 Å². The molecule has 0 amide bonds. The van der Waals surface area contributed by atoms with Gasteiger partial charge in [0, 0.05) is 62.3 Å². The second-order valence-corrected chi connectivity index (χ2v) is 21.5. The lowest BCUT2D eigenvalue weighted by molar-refractivity contribution is 0.103. The fraction of sp³-hybridized carbons (Fsp3) is 0. The molecule has 0 aliphatic rings. The van der Waals surface area contributed by atoms with Crippen LogP contribution in [0.3, 0.4) is 0 Å².